The fourth-order valence-electron chi connectivity index (χ4n) is 4.13. The van der Waals surface area contributed by atoms with Crippen LogP contribution < -0.4 is 14.8 Å². The number of rotatable bonds is 7. The average molecular weight is 454 g/mol. The predicted molar refractivity (Wildman–Crippen MR) is 129 cm³/mol. The normalized spacial score (nSPS) is 15.0. The van der Waals surface area contributed by atoms with Crippen LogP contribution in [0.3, 0.4) is 0 Å². The van der Waals surface area contributed by atoms with Gasteiger partial charge in [0.2, 0.25) is 5.91 Å². The van der Waals surface area contributed by atoms with Gasteiger partial charge < -0.3 is 14.8 Å². The van der Waals surface area contributed by atoms with Gasteiger partial charge in [0, 0.05) is 44.9 Å². The summed E-state index contributed by atoms with van der Waals surface area (Å²) in [6.07, 6.45) is 0. The van der Waals surface area contributed by atoms with E-state index in [0.717, 1.165) is 32.7 Å². The van der Waals surface area contributed by atoms with E-state index in [4.69, 9.17) is 21.1 Å². The van der Waals surface area contributed by atoms with Crippen LogP contribution in [0, 0.1) is 0 Å². The zero-order valence-corrected chi connectivity index (χ0v) is 19.2. The molecule has 4 rings (SSSR count). The van der Waals surface area contributed by atoms with Crippen molar-refractivity contribution in [3.8, 4) is 11.5 Å². The lowest BCUT2D eigenvalue weighted by Crippen LogP contribution is -2.48. The monoisotopic (exact) mass is 453 g/mol. The van der Waals surface area contributed by atoms with E-state index in [9.17, 15) is 4.79 Å². The first-order chi connectivity index (χ1) is 15.6. The number of amides is 1. The van der Waals surface area contributed by atoms with Crippen LogP contribution in [0.25, 0.3) is 10.8 Å². The first kappa shape index (κ1) is 22.4. The number of hydrogen-bond acceptors (Lipinski definition) is 5. The molecule has 7 heteroatoms. The maximum atomic E-state index is 12.7. The third-order valence-corrected chi connectivity index (χ3v) is 6.15. The Kier molecular flexibility index (Phi) is 7.15. The Morgan fingerprint density at radius 2 is 1.62 bits per heavy atom. The van der Waals surface area contributed by atoms with E-state index in [-0.39, 0.29) is 5.91 Å². The predicted octanol–water partition coefficient (Wildman–Crippen LogP) is 4.27. The van der Waals surface area contributed by atoms with Gasteiger partial charge in [-0.25, -0.2) is 0 Å². The SMILES string of the molecule is COc1cc(NC(=O)CN2CCN(Cc3cccc4ccccc34)CC2)c(OC)cc1Cl. The van der Waals surface area contributed by atoms with Gasteiger partial charge in [-0.2, -0.15) is 0 Å². The third kappa shape index (κ3) is 5.15. The van der Waals surface area contributed by atoms with Crippen LogP contribution in [0.15, 0.2) is 54.6 Å². The fraction of sp³-hybridized carbons (Fsp3) is 0.320. The van der Waals surface area contributed by atoms with Crippen molar-refractivity contribution < 1.29 is 14.3 Å². The molecule has 0 unspecified atom stereocenters. The molecule has 1 amide bonds. The minimum absolute atomic E-state index is 0.0878. The minimum atomic E-state index is -0.0878. The second-order valence-corrected chi connectivity index (χ2v) is 8.33. The maximum Gasteiger partial charge on any atom is 0.238 e. The highest BCUT2D eigenvalue weighted by molar-refractivity contribution is 6.32. The van der Waals surface area contributed by atoms with E-state index in [2.05, 4.69) is 57.6 Å². The van der Waals surface area contributed by atoms with Crippen LogP contribution in [0.4, 0.5) is 5.69 Å². The van der Waals surface area contributed by atoms with Gasteiger partial charge in [0.25, 0.3) is 0 Å². The number of methoxy groups -OCH3 is 2. The molecule has 1 saturated heterocycles. The molecule has 168 valence electrons. The van der Waals surface area contributed by atoms with E-state index in [1.165, 1.54) is 23.4 Å². The van der Waals surface area contributed by atoms with E-state index in [0.29, 0.717) is 28.8 Å². The molecule has 0 saturated carbocycles. The number of ether oxygens (including phenoxy) is 2. The van der Waals surface area contributed by atoms with Gasteiger partial charge in [0.05, 0.1) is 31.5 Å². The molecule has 0 radical (unpaired) electrons. The molecule has 0 atom stereocenters. The summed E-state index contributed by atoms with van der Waals surface area (Å²) in [5, 5.41) is 5.94. The molecular formula is C25H28ClN3O3. The Balaban J connectivity index is 1.32. The number of halogens is 1. The number of benzene rings is 3. The van der Waals surface area contributed by atoms with Crippen LogP contribution in [0.1, 0.15) is 5.56 Å². The number of carbonyl (C=O) groups excluding carboxylic acids is 1. The van der Waals surface area contributed by atoms with Gasteiger partial charge in [-0.3, -0.25) is 14.6 Å². The van der Waals surface area contributed by atoms with Crippen molar-refractivity contribution in [3.63, 3.8) is 0 Å². The van der Waals surface area contributed by atoms with Crippen LogP contribution in [0.5, 0.6) is 11.5 Å². The number of carbonyl (C=O) groups is 1. The summed E-state index contributed by atoms with van der Waals surface area (Å²) in [6, 6.07) is 18.3. The van der Waals surface area contributed by atoms with Crippen LogP contribution >= 0.6 is 11.6 Å². The molecule has 1 fully saturated rings. The second-order valence-electron chi connectivity index (χ2n) is 7.93. The van der Waals surface area contributed by atoms with Crippen LogP contribution in [-0.4, -0.2) is 62.7 Å². The first-order valence-corrected chi connectivity index (χ1v) is 11.1. The van der Waals surface area contributed by atoms with Crippen LogP contribution in [0.2, 0.25) is 5.02 Å². The van der Waals surface area contributed by atoms with Gasteiger partial charge in [0.1, 0.15) is 11.5 Å². The van der Waals surface area contributed by atoms with Crippen molar-refractivity contribution in [3.05, 3.63) is 65.2 Å². The highest BCUT2D eigenvalue weighted by Crippen LogP contribution is 2.35. The Morgan fingerprint density at radius 1 is 0.938 bits per heavy atom. The molecule has 0 bridgehead atoms. The topological polar surface area (TPSA) is 54.0 Å². The summed E-state index contributed by atoms with van der Waals surface area (Å²) >= 11 is 6.15. The van der Waals surface area contributed by atoms with Gasteiger partial charge in [-0.1, -0.05) is 54.1 Å². The van der Waals surface area contributed by atoms with Gasteiger partial charge in [0.15, 0.2) is 0 Å². The standard InChI is InChI=1S/C25H28ClN3O3/c1-31-23-15-22(24(32-2)14-21(23)26)27-25(30)17-29-12-10-28(11-13-29)16-19-8-5-7-18-6-3-4-9-20(18)19/h3-9,14-15H,10-13,16-17H2,1-2H3,(H,27,30). The highest BCUT2D eigenvalue weighted by atomic mass is 35.5. The van der Waals surface area contributed by atoms with Gasteiger partial charge in [-0.15, -0.1) is 0 Å². The zero-order chi connectivity index (χ0) is 22.5. The quantitative estimate of drug-likeness (QED) is 0.579. The Hall–Kier alpha value is -2.80. The fourth-order valence-corrected chi connectivity index (χ4v) is 4.36. The molecule has 1 aliphatic heterocycles. The number of hydrogen-bond donors (Lipinski definition) is 1. The average Bonchev–Trinajstić information content (AvgIpc) is 2.81. The van der Waals surface area contributed by atoms with E-state index >= 15 is 0 Å². The van der Waals surface area contributed by atoms with Crippen molar-refractivity contribution in [2.24, 2.45) is 0 Å². The Bertz CT molecular complexity index is 1090. The van der Waals surface area contributed by atoms with Gasteiger partial charge in [-0.05, 0) is 16.3 Å². The molecule has 1 N–H and O–H groups in total. The Labute approximate surface area is 193 Å². The summed E-state index contributed by atoms with van der Waals surface area (Å²) in [6.45, 7) is 4.79. The molecule has 0 spiro atoms. The molecule has 1 heterocycles. The number of anilines is 1. The molecule has 3 aromatic carbocycles. The number of nitrogens with zero attached hydrogens (tertiary/aromatic N) is 2. The molecule has 1 aliphatic rings. The molecular weight excluding hydrogens is 426 g/mol. The van der Waals surface area contributed by atoms with Crippen LogP contribution in [-0.2, 0) is 11.3 Å². The summed E-state index contributed by atoms with van der Waals surface area (Å²) in [4.78, 5) is 17.3. The summed E-state index contributed by atoms with van der Waals surface area (Å²) in [5.74, 6) is 0.907. The molecule has 0 aliphatic carbocycles. The lowest BCUT2D eigenvalue weighted by Gasteiger charge is -2.34. The number of piperazine rings is 1. The number of nitrogens with one attached hydrogen (secondary N) is 1. The lowest BCUT2D eigenvalue weighted by molar-refractivity contribution is -0.117. The van der Waals surface area contributed by atoms with E-state index in [1.807, 2.05) is 0 Å². The summed E-state index contributed by atoms with van der Waals surface area (Å²) in [5.41, 5.74) is 1.89. The van der Waals surface area contributed by atoms with Crippen molar-refractivity contribution in [1.29, 1.82) is 0 Å². The second kappa shape index (κ2) is 10.2. The maximum absolute atomic E-state index is 12.7. The summed E-state index contributed by atoms with van der Waals surface area (Å²) in [7, 11) is 3.08. The van der Waals surface area contributed by atoms with Gasteiger partial charge >= 0.3 is 0 Å². The molecule has 0 aromatic heterocycles. The molecule has 3 aromatic rings. The summed E-state index contributed by atoms with van der Waals surface area (Å²) < 4.78 is 10.6. The largest absolute Gasteiger partial charge is 0.495 e. The third-order valence-electron chi connectivity index (χ3n) is 5.85. The van der Waals surface area contributed by atoms with Crippen molar-refractivity contribution in [1.82, 2.24) is 9.80 Å². The van der Waals surface area contributed by atoms with E-state index in [1.54, 1.807) is 19.2 Å². The lowest BCUT2D eigenvalue weighted by atomic mass is 10.0. The molecule has 6 nitrogen and oxygen atoms in total. The first-order valence-electron chi connectivity index (χ1n) is 10.7. The minimum Gasteiger partial charge on any atom is -0.495 e. The van der Waals surface area contributed by atoms with E-state index < -0.39 is 0 Å². The van der Waals surface area contributed by atoms with Crippen molar-refractivity contribution in [2.45, 2.75) is 6.54 Å². The van der Waals surface area contributed by atoms with Crippen molar-refractivity contribution >= 4 is 34.0 Å². The zero-order valence-electron chi connectivity index (χ0n) is 18.4. The van der Waals surface area contributed by atoms with Crippen molar-refractivity contribution in [2.75, 3.05) is 52.3 Å². The highest BCUT2D eigenvalue weighted by Gasteiger charge is 2.20. The Morgan fingerprint density at radius 3 is 2.38 bits per heavy atom. The smallest absolute Gasteiger partial charge is 0.238 e. The number of fused-ring (bicyclic) bond motifs is 1. The molecule has 32 heavy (non-hydrogen) atoms.